The van der Waals surface area contributed by atoms with Crippen LogP contribution in [0.15, 0.2) is 22.7 Å². The van der Waals surface area contributed by atoms with Gasteiger partial charge in [-0.2, -0.15) is 4.98 Å². The fourth-order valence-electron chi connectivity index (χ4n) is 4.24. The summed E-state index contributed by atoms with van der Waals surface area (Å²) in [5, 5.41) is 14.3. The van der Waals surface area contributed by atoms with E-state index in [1.165, 1.54) is 0 Å². The fraction of sp³-hybridized carbons (Fsp3) is 0.600. The van der Waals surface area contributed by atoms with Crippen LogP contribution in [0.2, 0.25) is 0 Å². The summed E-state index contributed by atoms with van der Waals surface area (Å²) in [5.41, 5.74) is 0.832. The number of nitrogens with zero attached hydrogens (tertiary/aromatic N) is 3. The number of benzene rings is 1. The standard InChI is InChI=1S/C20H27N3O4/c1-13(2)6-19-21-18(22-27-19)9-23-8-16-15-5-4-14(25-3)7-17(15)26-12-20(16,10-23)11-24/h4-5,7,13,16,24H,6,8-12H2,1-3H3/t16-,20-/m1/s1. The topological polar surface area (TPSA) is 80.9 Å². The van der Waals surface area contributed by atoms with Crippen LogP contribution in [-0.2, 0) is 13.0 Å². The molecule has 2 aromatic rings. The maximum Gasteiger partial charge on any atom is 0.226 e. The second-order valence-electron chi connectivity index (χ2n) is 8.14. The van der Waals surface area contributed by atoms with Gasteiger partial charge in [0.15, 0.2) is 5.82 Å². The number of aliphatic hydroxyl groups is 1. The molecular formula is C20H27N3O4. The van der Waals surface area contributed by atoms with Gasteiger partial charge in [-0.3, -0.25) is 4.90 Å². The number of hydrogen-bond donors (Lipinski definition) is 1. The zero-order chi connectivity index (χ0) is 19.0. The molecule has 7 heteroatoms. The predicted octanol–water partition coefficient (Wildman–Crippen LogP) is 2.25. The first kappa shape index (κ1) is 18.3. The van der Waals surface area contributed by atoms with Gasteiger partial charge in [0.25, 0.3) is 0 Å². The molecule has 0 spiro atoms. The Kier molecular flexibility index (Phi) is 4.82. The van der Waals surface area contributed by atoms with Crippen LogP contribution >= 0.6 is 0 Å². The van der Waals surface area contributed by atoms with E-state index in [1.54, 1.807) is 7.11 Å². The van der Waals surface area contributed by atoms with Gasteiger partial charge in [-0.25, -0.2) is 0 Å². The largest absolute Gasteiger partial charge is 0.497 e. The van der Waals surface area contributed by atoms with Crippen LogP contribution in [-0.4, -0.2) is 53.6 Å². The van der Waals surface area contributed by atoms with E-state index in [0.717, 1.165) is 36.6 Å². The van der Waals surface area contributed by atoms with E-state index in [-0.39, 0.29) is 17.9 Å². The highest BCUT2D eigenvalue weighted by molar-refractivity contribution is 5.46. The van der Waals surface area contributed by atoms with Gasteiger partial charge >= 0.3 is 0 Å². The molecule has 7 nitrogen and oxygen atoms in total. The van der Waals surface area contributed by atoms with Gasteiger partial charge in [0.2, 0.25) is 5.89 Å². The maximum absolute atomic E-state index is 10.2. The van der Waals surface area contributed by atoms with Crippen molar-refractivity contribution in [2.75, 3.05) is 33.4 Å². The van der Waals surface area contributed by atoms with Crippen molar-refractivity contribution in [3.8, 4) is 11.5 Å². The number of likely N-dealkylation sites (tertiary alicyclic amines) is 1. The van der Waals surface area contributed by atoms with E-state index in [0.29, 0.717) is 30.8 Å². The number of hydrogen-bond acceptors (Lipinski definition) is 7. The van der Waals surface area contributed by atoms with Crippen molar-refractivity contribution in [1.29, 1.82) is 0 Å². The van der Waals surface area contributed by atoms with Crippen molar-refractivity contribution in [3.05, 3.63) is 35.5 Å². The summed E-state index contributed by atoms with van der Waals surface area (Å²) in [6.07, 6.45) is 0.791. The van der Waals surface area contributed by atoms with E-state index in [4.69, 9.17) is 14.0 Å². The molecule has 1 fully saturated rings. The molecule has 1 saturated heterocycles. The van der Waals surface area contributed by atoms with Crippen LogP contribution < -0.4 is 9.47 Å². The highest BCUT2D eigenvalue weighted by Crippen LogP contribution is 2.50. The average Bonchev–Trinajstić information content (AvgIpc) is 3.25. The fourth-order valence-corrected chi connectivity index (χ4v) is 4.24. The number of ether oxygens (including phenoxy) is 2. The van der Waals surface area contributed by atoms with Gasteiger partial charge < -0.3 is 19.1 Å². The van der Waals surface area contributed by atoms with Crippen molar-refractivity contribution in [1.82, 2.24) is 15.0 Å². The third-order valence-electron chi connectivity index (χ3n) is 5.60. The lowest BCUT2D eigenvalue weighted by Gasteiger charge is -2.38. The molecule has 1 N–H and O–H groups in total. The van der Waals surface area contributed by atoms with Crippen molar-refractivity contribution >= 4 is 0 Å². The zero-order valence-corrected chi connectivity index (χ0v) is 16.1. The van der Waals surface area contributed by atoms with Gasteiger partial charge in [-0.05, 0) is 17.5 Å². The quantitative estimate of drug-likeness (QED) is 0.832. The second kappa shape index (κ2) is 7.13. The van der Waals surface area contributed by atoms with E-state index < -0.39 is 0 Å². The van der Waals surface area contributed by atoms with Crippen LogP contribution in [0.25, 0.3) is 0 Å². The Balaban J connectivity index is 1.53. The average molecular weight is 373 g/mol. The molecule has 2 aliphatic rings. The second-order valence-corrected chi connectivity index (χ2v) is 8.14. The Labute approximate surface area is 159 Å². The van der Waals surface area contributed by atoms with Crippen molar-refractivity contribution in [3.63, 3.8) is 0 Å². The monoisotopic (exact) mass is 373 g/mol. The number of aliphatic hydroxyl groups excluding tert-OH is 1. The third-order valence-corrected chi connectivity index (χ3v) is 5.60. The molecule has 1 aromatic heterocycles. The van der Waals surface area contributed by atoms with Crippen LogP contribution in [0.3, 0.4) is 0 Å². The Morgan fingerprint density at radius 1 is 1.41 bits per heavy atom. The SMILES string of the molecule is COc1ccc2c(c1)OC[C@]1(CO)CN(Cc3noc(CC(C)C)n3)C[C@H]21. The van der Waals surface area contributed by atoms with E-state index in [2.05, 4.69) is 35.0 Å². The Bertz CT molecular complexity index is 806. The van der Waals surface area contributed by atoms with Gasteiger partial charge in [0, 0.05) is 36.9 Å². The van der Waals surface area contributed by atoms with Crippen molar-refractivity contribution < 1.29 is 19.1 Å². The molecule has 27 heavy (non-hydrogen) atoms. The summed E-state index contributed by atoms with van der Waals surface area (Å²) in [6, 6.07) is 5.94. The van der Waals surface area contributed by atoms with Gasteiger partial charge in [-0.1, -0.05) is 25.1 Å². The highest BCUT2D eigenvalue weighted by Gasteiger charge is 2.51. The minimum absolute atomic E-state index is 0.0878. The Morgan fingerprint density at radius 3 is 3.00 bits per heavy atom. The summed E-state index contributed by atoms with van der Waals surface area (Å²) in [7, 11) is 1.65. The summed E-state index contributed by atoms with van der Waals surface area (Å²) < 4.78 is 16.7. The van der Waals surface area contributed by atoms with Crippen molar-refractivity contribution in [2.24, 2.45) is 11.3 Å². The molecule has 0 radical (unpaired) electrons. The number of methoxy groups -OCH3 is 1. The van der Waals surface area contributed by atoms with Crippen LogP contribution in [0.4, 0.5) is 0 Å². The number of rotatable bonds is 6. The lowest BCUT2D eigenvalue weighted by atomic mass is 9.74. The molecule has 0 saturated carbocycles. The predicted molar refractivity (Wildman–Crippen MR) is 98.9 cm³/mol. The first-order valence-corrected chi connectivity index (χ1v) is 9.48. The van der Waals surface area contributed by atoms with Gasteiger partial charge in [0.05, 0.1) is 26.9 Å². The first-order valence-electron chi connectivity index (χ1n) is 9.48. The summed E-state index contributed by atoms with van der Waals surface area (Å²) in [5.74, 6) is 3.71. The minimum Gasteiger partial charge on any atom is -0.497 e. The molecule has 0 aliphatic carbocycles. The van der Waals surface area contributed by atoms with E-state index in [9.17, 15) is 5.11 Å². The van der Waals surface area contributed by atoms with Crippen LogP contribution in [0.5, 0.6) is 11.5 Å². The molecule has 3 heterocycles. The third kappa shape index (κ3) is 3.41. The van der Waals surface area contributed by atoms with Crippen LogP contribution in [0, 0.1) is 11.3 Å². The molecule has 146 valence electrons. The number of fused-ring (bicyclic) bond motifs is 3. The summed E-state index contributed by atoms with van der Waals surface area (Å²) in [4.78, 5) is 6.80. The van der Waals surface area contributed by atoms with Gasteiger partial charge in [0.1, 0.15) is 11.5 Å². The molecule has 0 bridgehead atoms. The summed E-state index contributed by atoms with van der Waals surface area (Å²) in [6.45, 7) is 7.04. The normalized spacial score (nSPS) is 24.6. The molecule has 2 aliphatic heterocycles. The molecule has 2 atom stereocenters. The maximum atomic E-state index is 10.2. The molecule has 4 rings (SSSR count). The smallest absolute Gasteiger partial charge is 0.226 e. The van der Waals surface area contributed by atoms with E-state index in [1.807, 2.05) is 12.1 Å². The summed E-state index contributed by atoms with van der Waals surface area (Å²) >= 11 is 0. The number of aromatic nitrogens is 2. The molecule has 0 unspecified atom stereocenters. The minimum atomic E-state index is -0.300. The zero-order valence-electron chi connectivity index (χ0n) is 16.1. The Hall–Kier alpha value is -2.12. The van der Waals surface area contributed by atoms with Crippen LogP contribution in [0.1, 0.15) is 37.0 Å². The molecule has 0 amide bonds. The van der Waals surface area contributed by atoms with E-state index >= 15 is 0 Å². The lowest BCUT2D eigenvalue weighted by molar-refractivity contribution is 0.0454. The first-order chi connectivity index (χ1) is 13.0. The molecular weight excluding hydrogens is 346 g/mol. The Morgan fingerprint density at radius 2 is 2.26 bits per heavy atom. The molecule has 1 aromatic carbocycles. The van der Waals surface area contributed by atoms with Crippen molar-refractivity contribution in [2.45, 2.75) is 32.7 Å². The lowest BCUT2D eigenvalue weighted by Crippen LogP contribution is -2.42. The van der Waals surface area contributed by atoms with Gasteiger partial charge in [-0.15, -0.1) is 0 Å². The highest BCUT2D eigenvalue weighted by atomic mass is 16.5.